The van der Waals surface area contributed by atoms with Crippen LogP contribution in [0.2, 0.25) is 0 Å². The number of carbonyl (C=O) groups is 1. The number of anilines is 1. The molecule has 0 saturated carbocycles. The van der Waals surface area contributed by atoms with E-state index in [1.807, 2.05) is 21.6 Å². The molecular formula is C26H26F4N4O. The molecule has 5 nitrogen and oxygen atoms in total. The van der Waals surface area contributed by atoms with Crippen molar-refractivity contribution in [3.8, 4) is 0 Å². The highest BCUT2D eigenvalue weighted by Crippen LogP contribution is 2.32. The van der Waals surface area contributed by atoms with Crippen LogP contribution in [0.1, 0.15) is 45.3 Å². The van der Waals surface area contributed by atoms with Crippen molar-refractivity contribution in [2.75, 3.05) is 31.1 Å². The first-order valence-electron chi connectivity index (χ1n) is 11.7. The number of piperazine rings is 1. The van der Waals surface area contributed by atoms with Gasteiger partial charge in [-0.05, 0) is 48.7 Å². The number of hydrogen-bond donors (Lipinski definition) is 0. The van der Waals surface area contributed by atoms with E-state index in [0.29, 0.717) is 49.7 Å². The number of alkyl halides is 3. The Morgan fingerprint density at radius 1 is 1.06 bits per heavy atom. The largest absolute Gasteiger partial charge is 0.416 e. The summed E-state index contributed by atoms with van der Waals surface area (Å²) in [5.74, 6) is 0.722. The number of hydrogen-bond acceptors (Lipinski definition) is 3. The molecule has 2 aromatic carbocycles. The number of imidazole rings is 1. The SMILES string of the molecule is Cc1cc([C@H]2CCc3nc(C(=O)N4CCN(c5cccc(C(F)(F)F)c5)CC4)cn3C2)ccc1F. The maximum absolute atomic E-state index is 13.7. The third-order valence-corrected chi connectivity index (χ3v) is 6.97. The minimum absolute atomic E-state index is 0.162. The van der Waals surface area contributed by atoms with E-state index < -0.39 is 11.7 Å². The summed E-state index contributed by atoms with van der Waals surface area (Å²) >= 11 is 0. The van der Waals surface area contributed by atoms with Gasteiger partial charge in [0.1, 0.15) is 17.3 Å². The second-order valence-corrected chi connectivity index (χ2v) is 9.27. The zero-order chi connectivity index (χ0) is 24.7. The number of rotatable bonds is 3. The predicted molar refractivity (Wildman–Crippen MR) is 124 cm³/mol. The van der Waals surface area contributed by atoms with Crippen LogP contribution in [0.4, 0.5) is 23.2 Å². The molecule has 2 aliphatic rings. The van der Waals surface area contributed by atoms with Gasteiger partial charge in [-0.1, -0.05) is 18.2 Å². The molecule has 0 unspecified atom stereocenters. The summed E-state index contributed by atoms with van der Waals surface area (Å²) in [7, 11) is 0. The van der Waals surface area contributed by atoms with Crippen LogP contribution in [0.15, 0.2) is 48.7 Å². The first kappa shape index (κ1) is 23.4. The van der Waals surface area contributed by atoms with Crippen LogP contribution >= 0.6 is 0 Å². The number of amides is 1. The van der Waals surface area contributed by atoms with Crippen LogP contribution in [0.5, 0.6) is 0 Å². The van der Waals surface area contributed by atoms with E-state index in [-0.39, 0.29) is 17.6 Å². The fraction of sp³-hybridized carbons (Fsp3) is 0.385. The summed E-state index contributed by atoms with van der Waals surface area (Å²) in [6, 6.07) is 10.5. The van der Waals surface area contributed by atoms with Crippen molar-refractivity contribution in [2.24, 2.45) is 0 Å². The Morgan fingerprint density at radius 3 is 2.54 bits per heavy atom. The lowest BCUT2D eigenvalue weighted by atomic mass is 9.90. The smallest absolute Gasteiger partial charge is 0.368 e. The molecule has 1 amide bonds. The summed E-state index contributed by atoms with van der Waals surface area (Å²) < 4.78 is 54.8. The Morgan fingerprint density at radius 2 is 1.83 bits per heavy atom. The second-order valence-electron chi connectivity index (χ2n) is 9.27. The quantitative estimate of drug-likeness (QED) is 0.487. The van der Waals surface area contributed by atoms with Crippen LogP contribution in [0.25, 0.3) is 0 Å². The Bertz CT molecular complexity index is 1240. The van der Waals surface area contributed by atoms with E-state index in [0.717, 1.165) is 36.4 Å². The highest BCUT2D eigenvalue weighted by atomic mass is 19.4. The van der Waals surface area contributed by atoms with E-state index >= 15 is 0 Å². The Balaban J connectivity index is 1.23. The third kappa shape index (κ3) is 4.76. The van der Waals surface area contributed by atoms with Gasteiger partial charge in [-0.2, -0.15) is 13.2 Å². The predicted octanol–water partition coefficient (Wildman–Crippen LogP) is 5.04. The monoisotopic (exact) mass is 486 g/mol. The Kier molecular flexibility index (Phi) is 6.02. The van der Waals surface area contributed by atoms with Gasteiger partial charge in [0.25, 0.3) is 5.91 Å². The number of nitrogens with zero attached hydrogens (tertiary/aromatic N) is 4. The van der Waals surface area contributed by atoms with Gasteiger partial charge in [0.2, 0.25) is 0 Å². The normalized spacial score (nSPS) is 18.5. The van der Waals surface area contributed by atoms with Crippen LogP contribution in [-0.4, -0.2) is 46.5 Å². The topological polar surface area (TPSA) is 41.4 Å². The molecule has 5 rings (SSSR count). The van der Waals surface area contributed by atoms with E-state index in [1.54, 1.807) is 24.1 Å². The molecule has 1 atom stereocenters. The number of carbonyl (C=O) groups excluding carboxylic acids is 1. The van der Waals surface area contributed by atoms with Gasteiger partial charge in [0.05, 0.1) is 5.56 Å². The van der Waals surface area contributed by atoms with Gasteiger partial charge in [-0.15, -0.1) is 0 Å². The zero-order valence-electron chi connectivity index (χ0n) is 19.4. The minimum Gasteiger partial charge on any atom is -0.368 e. The average molecular weight is 487 g/mol. The molecule has 35 heavy (non-hydrogen) atoms. The molecule has 3 aromatic rings. The zero-order valence-corrected chi connectivity index (χ0v) is 19.4. The fourth-order valence-electron chi connectivity index (χ4n) is 4.95. The summed E-state index contributed by atoms with van der Waals surface area (Å²) in [4.78, 5) is 21.3. The van der Waals surface area contributed by atoms with Gasteiger partial charge in [-0.3, -0.25) is 4.79 Å². The molecule has 3 heterocycles. The van der Waals surface area contributed by atoms with Crippen molar-refractivity contribution in [2.45, 2.75) is 38.4 Å². The van der Waals surface area contributed by atoms with Crippen molar-refractivity contribution in [3.63, 3.8) is 0 Å². The van der Waals surface area contributed by atoms with Gasteiger partial charge in [0.15, 0.2) is 0 Å². The van der Waals surface area contributed by atoms with Crippen LogP contribution in [0, 0.1) is 12.7 Å². The molecule has 184 valence electrons. The number of halogens is 4. The molecule has 1 aromatic heterocycles. The summed E-state index contributed by atoms with van der Waals surface area (Å²) in [5.41, 5.74) is 1.93. The molecule has 0 spiro atoms. The number of fused-ring (bicyclic) bond motifs is 1. The summed E-state index contributed by atoms with van der Waals surface area (Å²) in [6.07, 6.45) is -0.981. The lowest BCUT2D eigenvalue weighted by Gasteiger charge is -2.36. The Labute approximate surface area is 201 Å². The second kappa shape index (κ2) is 9.02. The van der Waals surface area contributed by atoms with Gasteiger partial charge < -0.3 is 14.4 Å². The van der Waals surface area contributed by atoms with Crippen molar-refractivity contribution >= 4 is 11.6 Å². The molecule has 1 fully saturated rings. The molecule has 0 aliphatic carbocycles. The fourth-order valence-corrected chi connectivity index (χ4v) is 4.95. The van der Waals surface area contributed by atoms with Crippen LogP contribution in [-0.2, 0) is 19.1 Å². The number of aromatic nitrogens is 2. The van der Waals surface area contributed by atoms with Crippen molar-refractivity contribution in [3.05, 3.63) is 82.7 Å². The summed E-state index contributed by atoms with van der Waals surface area (Å²) in [6.45, 7) is 4.17. The highest BCUT2D eigenvalue weighted by molar-refractivity contribution is 5.92. The maximum Gasteiger partial charge on any atom is 0.416 e. The van der Waals surface area contributed by atoms with Crippen LogP contribution in [0.3, 0.4) is 0 Å². The average Bonchev–Trinajstić information content (AvgIpc) is 3.28. The lowest BCUT2D eigenvalue weighted by molar-refractivity contribution is -0.137. The standard InChI is InChI=1S/C26H26F4N4O/c1-17-13-18(5-7-22(17)27)19-6-8-24-31-23(16-34(24)15-19)25(35)33-11-9-32(10-12-33)21-4-2-3-20(14-21)26(28,29)30/h2-5,7,13-14,16,19H,6,8-12,15H2,1H3/t19-/m0/s1. The molecule has 0 radical (unpaired) electrons. The van der Waals surface area contributed by atoms with Crippen molar-refractivity contribution in [1.29, 1.82) is 0 Å². The highest BCUT2D eigenvalue weighted by Gasteiger charge is 2.32. The third-order valence-electron chi connectivity index (χ3n) is 6.97. The maximum atomic E-state index is 13.7. The van der Waals surface area contributed by atoms with Crippen molar-refractivity contribution < 1.29 is 22.4 Å². The van der Waals surface area contributed by atoms with E-state index in [2.05, 4.69) is 4.98 Å². The first-order valence-corrected chi connectivity index (χ1v) is 11.7. The van der Waals surface area contributed by atoms with Gasteiger partial charge in [-0.25, -0.2) is 9.37 Å². The van der Waals surface area contributed by atoms with Crippen LogP contribution < -0.4 is 4.90 Å². The van der Waals surface area contributed by atoms with E-state index in [9.17, 15) is 22.4 Å². The molecular weight excluding hydrogens is 460 g/mol. The molecule has 2 aliphatic heterocycles. The minimum atomic E-state index is -4.39. The van der Waals surface area contributed by atoms with Crippen molar-refractivity contribution in [1.82, 2.24) is 14.5 Å². The number of aryl methyl sites for hydroxylation is 2. The first-order chi connectivity index (χ1) is 16.7. The molecule has 9 heteroatoms. The molecule has 0 bridgehead atoms. The molecule has 1 saturated heterocycles. The van der Waals surface area contributed by atoms with Gasteiger partial charge >= 0.3 is 6.18 Å². The van der Waals surface area contributed by atoms with E-state index in [4.69, 9.17) is 0 Å². The summed E-state index contributed by atoms with van der Waals surface area (Å²) in [5, 5.41) is 0. The lowest BCUT2D eigenvalue weighted by Crippen LogP contribution is -2.49. The molecule has 0 N–H and O–H groups in total. The van der Waals surface area contributed by atoms with Gasteiger partial charge in [0, 0.05) is 56.9 Å². The van der Waals surface area contributed by atoms with E-state index in [1.165, 1.54) is 12.1 Å². The number of benzene rings is 2. The Hall–Kier alpha value is -3.36.